The zero-order chi connectivity index (χ0) is 14.5. The molecule has 5 nitrogen and oxygen atoms in total. The summed E-state index contributed by atoms with van der Waals surface area (Å²) in [6, 6.07) is 5.69. The monoisotopic (exact) mass is 273 g/mol. The maximum Gasteiger partial charge on any atom is 0.223 e. The second-order valence-corrected chi connectivity index (χ2v) is 4.32. The smallest absolute Gasteiger partial charge is 0.223 e. The minimum absolute atomic E-state index is 0.617. The molecule has 0 aliphatic carbocycles. The lowest BCUT2D eigenvalue weighted by Gasteiger charge is -2.12. The molecule has 1 N–H and O–H groups in total. The molecule has 0 atom stereocenters. The van der Waals surface area contributed by atoms with E-state index in [0.717, 1.165) is 34.9 Å². The van der Waals surface area contributed by atoms with Gasteiger partial charge in [-0.15, -0.1) is 0 Å². The number of methoxy groups -OCH3 is 2. The van der Waals surface area contributed by atoms with Crippen LogP contribution in [0.25, 0.3) is 11.3 Å². The molecule has 0 saturated carbocycles. The summed E-state index contributed by atoms with van der Waals surface area (Å²) in [7, 11) is 3.27. The van der Waals surface area contributed by atoms with Crippen LogP contribution in [0.5, 0.6) is 11.5 Å². The third-order valence-electron chi connectivity index (χ3n) is 2.97. The van der Waals surface area contributed by atoms with Gasteiger partial charge in [0.2, 0.25) is 5.95 Å². The first-order chi connectivity index (χ1) is 9.69. The second-order valence-electron chi connectivity index (χ2n) is 4.32. The Morgan fingerprint density at radius 3 is 2.65 bits per heavy atom. The van der Waals surface area contributed by atoms with E-state index >= 15 is 0 Å². The number of anilines is 1. The van der Waals surface area contributed by atoms with Crippen molar-refractivity contribution in [3.63, 3.8) is 0 Å². The van der Waals surface area contributed by atoms with Crippen molar-refractivity contribution in [2.45, 2.75) is 13.8 Å². The van der Waals surface area contributed by atoms with Gasteiger partial charge in [-0.25, -0.2) is 9.97 Å². The van der Waals surface area contributed by atoms with Gasteiger partial charge >= 0.3 is 0 Å². The molecule has 20 heavy (non-hydrogen) atoms. The number of hydrogen-bond donors (Lipinski definition) is 1. The van der Waals surface area contributed by atoms with E-state index < -0.39 is 0 Å². The van der Waals surface area contributed by atoms with Crippen molar-refractivity contribution in [2.24, 2.45) is 0 Å². The number of ether oxygens (including phenoxy) is 2. The predicted molar refractivity (Wildman–Crippen MR) is 79.5 cm³/mol. The van der Waals surface area contributed by atoms with E-state index in [9.17, 15) is 0 Å². The van der Waals surface area contributed by atoms with Crippen molar-refractivity contribution >= 4 is 5.95 Å². The molecule has 5 heteroatoms. The fourth-order valence-electron chi connectivity index (χ4n) is 1.95. The topological polar surface area (TPSA) is 56.3 Å². The van der Waals surface area contributed by atoms with E-state index in [1.54, 1.807) is 14.2 Å². The summed E-state index contributed by atoms with van der Waals surface area (Å²) >= 11 is 0. The summed E-state index contributed by atoms with van der Waals surface area (Å²) in [5.74, 6) is 2.10. The SMILES string of the molecule is CCNc1ncc(C)c(-c2ccc(OC)cc2OC)n1. The number of aryl methyl sites for hydroxylation is 1. The van der Waals surface area contributed by atoms with Crippen molar-refractivity contribution in [1.82, 2.24) is 9.97 Å². The first-order valence-electron chi connectivity index (χ1n) is 6.49. The van der Waals surface area contributed by atoms with Gasteiger partial charge in [0.05, 0.1) is 19.9 Å². The molecular formula is C15H19N3O2. The summed E-state index contributed by atoms with van der Waals surface area (Å²) < 4.78 is 10.7. The Morgan fingerprint density at radius 1 is 1.20 bits per heavy atom. The molecule has 2 rings (SSSR count). The summed E-state index contributed by atoms with van der Waals surface area (Å²) in [5, 5.41) is 3.12. The maximum atomic E-state index is 5.44. The molecule has 0 aliphatic heterocycles. The van der Waals surface area contributed by atoms with E-state index in [-0.39, 0.29) is 0 Å². The van der Waals surface area contributed by atoms with Crippen LogP contribution < -0.4 is 14.8 Å². The van der Waals surface area contributed by atoms with Gasteiger partial charge in [0.15, 0.2) is 0 Å². The Bertz CT molecular complexity index is 600. The summed E-state index contributed by atoms with van der Waals surface area (Å²) in [6.45, 7) is 4.77. The number of benzene rings is 1. The van der Waals surface area contributed by atoms with Crippen LogP contribution in [0.15, 0.2) is 24.4 Å². The van der Waals surface area contributed by atoms with E-state index in [4.69, 9.17) is 9.47 Å². The molecule has 0 aliphatic rings. The third kappa shape index (κ3) is 2.82. The molecule has 0 saturated heterocycles. The van der Waals surface area contributed by atoms with Crippen LogP contribution in [-0.4, -0.2) is 30.7 Å². The highest BCUT2D eigenvalue weighted by Crippen LogP contribution is 2.33. The molecule has 1 heterocycles. The van der Waals surface area contributed by atoms with E-state index in [1.165, 1.54) is 0 Å². The zero-order valence-electron chi connectivity index (χ0n) is 12.2. The zero-order valence-corrected chi connectivity index (χ0v) is 12.2. The second kappa shape index (κ2) is 6.23. The number of aromatic nitrogens is 2. The molecule has 0 radical (unpaired) electrons. The summed E-state index contributed by atoms with van der Waals surface area (Å²) in [5.41, 5.74) is 2.78. The number of rotatable bonds is 5. The van der Waals surface area contributed by atoms with E-state index in [0.29, 0.717) is 5.95 Å². The van der Waals surface area contributed by atoms with Crippen LogP contribution in [0.3, 0.4) is 0 Å². The highest BCUT2D eigenvalue weighted by Gasteiger charge is 2.12. The lowest BCUT2D eigenvalue weighted by atomic mass is 10.1. The first-order valence-corrected chi connectivity index (χ1v) is 6.49. The minimum atomic E-state index is 0.617. The Balaban J connectivity index is 2.52. The molecule has 2 aromatic rings. The molecule has 0 amide bonds. The van der Waals surface area contributed by atoms with Gasteiger partial charge in [-0.05, 0) is 31.5 Å². The summed E-state index contributed by atoms with van der Waals surface area (Å²) in [6.07, 6.45) is 1.81. The Morgan fingerprint density at radius 2 is 2.00 bits per heavy atom. The Kier molecular flexibility index (Phi) is 4.40. The predicted octanol–water partition coefficient (Wildman–Crippen LogP) is 2.90. The van der Waals surface area contributed by atoms with Crippen LogP contribution >= 0.6 is 0 Å². The highest BCUT2D eigenvalue weighted by molar-refractivity contribution is 5.71. The quantitative estimate of drug-likeness (QED) is 0.907. The van der Waals surface area contributed by atoms with Gasteiger partial charge in [0, 0.05) is 24.4 Å². The number of nitrogens with one attached hydrogen (secondary N) is 1. The van der Waals surface area contributed by atoms with Crippen LogP contribution in [0.4, 0.5) is 5.95 Å². The minimum Gasteiger partial charge on any atom is -0.497 e. The van der Waals surface area contributed by atoms with Crippen LogP contribution in [0, 0.1) is 6.92 Å². The van der Waals surface area contributed by atoms with Gasteiger partial charge < -0.3 is 14.8 Å². The number of hydrogen-bond acceptors (Lipinski definition) is 5. The lowest BCUT2D eigenvalue weighted by molar-refractivity contribution is 0.395. The molecule has 0 fully saturated rings. The average Bonchev–Trinajstić information content (AvgIpc) is 2.49. The Hall–Kier alpha value is -2.30. The van der Waals surface area contributed by atoms with E-state index in [2.05, 4.69) is 15.3 Å². The van der Waals surface area contributed by atoms with Gasteiger partial charge in [-0.1, -0.05) is 0 Å². The summed E-state index contributed by atoms with van der Waals surface area (Å²) in [4.78, 5) is 8.81. The van der Waals surface area contributed by atoms with Gasteiger partial charge in [-0.2, -0.15) is 0 Å². The largest absolute Gasteiger partial charge is 0.497 e. The molecular weight excluding hydrogens is 254 g/mol. The maximum absolute atomic E-state index is 5.44. The normalized spacial score (nSPS) is 10.2. The van der Waals surface area contributed by atoms with Crippen molar-refractivity contribution in [3.05, 3.63) is 30.0 Å². The molecule has 1 aromatic carbocycles. The Labute approximate surface area is 119 Å². The fraction of sp³-hybridized carbons (Fsp3) is 0.333. The standard InChI is InChI=1S/C15H19N3O2/c1-5-16-15-17-9-10(2)14(18-15)12-7-6-11(19-3)8-13(12)20-4/h6-9H,5H2,1-4H3,(H,16,17,18). The molecule has 106 valence electrons. The van der Waals surface area contributed by atoms with Gasteiger partial charge in [-0.3, -0.25) is 0 Å². The highest BCUT2D eigenvalue weighted by atomic mass is 16.5. The third-order valence-corrected chi connectivity index (χ3v) is 2.97. The molecule has 1 aromatic heterocycles. The molecule has 0 unspecified atom stereocenters. The molecule has 0 spiro atoms. The van der Waals surface area contributed by atoms with Gasteiger partial charge in [0.25, 0.3) is 0 Å². The van der Waals surface area contributed by atoms with Crippen molar-refractivity contribution < 1.29 is 9.47 Å². The first kappa shape index (κ1) is 14.1. The fourth-order valence-corrected chi connectivity index (χ4v) is 1.95. The van der Waals surface area contributed by atoms with E-state index in [1.807, 2.05) is 38.2 Å². The average molecular weight is 273 g/mol. The van der Waals surface area contributed by atoms with Crippen molar-refractivity contribution in [2.75, 3.05) is 26.1 Å². The lowest BCUT2D eigenvalue weighted by Crippen LogP contribution is -2.04. The van der Waals surface area contributed by atoms with Gasteiger partial charge in [0.1, 0.15) is 11.5 Å². The number of nitrogens with zero attached hydrogens (tertiary/aromatic N) is 2. The van der Waals surface area contributed by atoms with Crippen LogP contribution in [0.1, 0.15) is 12.5 Å². The van der Waals surface area contributed by atoms with Crippen molar-refractivity contribution in [3.8, 4) is 22.8 Å². The van der Waals surface area contributed by atoms with Crippen LogP contribution in [0.2, 0.25) is 0 Å². The molecule has 0 bridgehead atoms. The van der Waals surface area contributed by atoms with Crippen molar-refractivity contribution in [1.29, 1.82) is 0 Å². The van der Waals surface area contributed by atoms with Crippen LogP contribution in [-0.2, 0) is 0 Å².